The van der Waals surface area contributed by atoms with Crippen LogP contribution in [0.2, 0.25) is 0 Å². The first-order valence-electron chi connectivity index (χ1n) is 8.47. The highest BCUT2D eigenvalue weighted by atomic mass is 16.5. The number of nitrogens with zero attached hydrogens (tertiary/aromatic N) is 2. The molecule has 4 rings (SSSR count). The predicted molar refractivity (Wildman–Crippen MR) is 103 cm³/mol. The largest absolute Gasteiger partial charge is 0.495 e. The molecule has 0 bridgehead atoms. The molecule has 0 radical (unpaired) electrons. The minimum absolute atomic E-state index is 0.179. The molecular weight excluding hydrogens is 358 g/mol. The Morgan fingerprint density at radius 1 is 0.964 bits per heavy atom. The predicted octanol–water partition coefficient (Wildman–Crippen LogP) is 3.14. The minimum Gasteiger partial charge on any atom is -0.495 e. The summed E-state index contributed by atoms with van der Waals surface area (Å²) in [6.07, 6.45) is 3.12. The van der Waals surface area contributed by atoms with E-state index in [4.69, 9.17) is 4.74 Å². The van der Waals surface area contributed by atoms with Crippen LogP contribution in [0.5, 0.6) is 5.75 Å². The number of benzene rings is 2. The first kappa shape index (κ1) is 17.4. The highest BCUT2D eigenvalue weighted by Gasteiger charge is 2.38. The number of amides is 3. The standard InChI is InChI=1S/C21H15N3O4/c1-28-18-5-3-2-4-17(18)24-20(26)15-7-6-13(12-16(15)21(24)27)19(25)23-14-8-10-22-11-9-14/h2-12H,1H3,(H,22,23,25). The Labute approximate surface area is 160 Å². The van der Waals surface area contributed by atoms with Crippen molar-refractivity contribution in [3.05, 3.63) is 83.7 Å². The summed E-state index contributed by atoms with van der Waals surface area (Å²) in [5.74, 6) is -0.925. The molecule has 7 heteroatoms. The molecule has 3 aromatic rings. The number of rotatable bonds is 4. The zero-order chi connectivity index (χ0) is 19.7. The Morgan fingerprint density at radius 2 is 1.68 bits per heavy atom. The van der Waals surface area contributed by atoms with E-state index in [1.807, 2.05) is 0 Å². The summed E-state index contributed by atoms with van der Waals surface area (Å²) in [5.41, 5.74) is 1.64. The van der Waals surface area contributed by atoms with Crippen molar-refractivity contribution in [2.24, 2.45) is 0 Å². The molecule has 0 atom stereocenters. The molecular formula is C21H15N3O4. The number of hydrogen-bond donors (Lipinski definition) is 1. The molecule has 0 saturated heterocycles. The molecule has 1 N–H and O–H groups in total. The number of pyridine rings is 1. The van der Waals surface area contributed by atoms with Gasteiger partial charge < -0.3 is 10.1 Å². The van der Waals surface area contributed by atoms with Gasteiger partial charge in [-0.1, -0.05) is 12.1 Å². The molecule has 0 unspecified atom stereocenters. The average Bonchev–Trinajstić information content (AvgIpc) is 2.98. The lowest BCUT2D eigenvalue weighted by molar-refractivity contribution is 0.0924. The molecule has 0 spiro atoms. The van der Waals surface area contributed by atoms with E-state index in [-0.39, 0.29) is 22.6 Å². The van der Waals surface area contributed by atoms with E-state index in [2.05, 4.69) is 10.3 Å². The Balaban J connectivity index is 1.67. The monoisotopic (exact) mass is 373 g/mol. The number of para-hydroxylation sites is 2. The van der Waals surface area contributed by atoms with Crippen LogP contribution in [0.25, 0.3) is 0 Å². The molecule has 138 valence electrons. The van der Waals surface area contributed by atoms with Crippen molar-refractivity contribution in [1.29, 1.82) is 0 Å². The molecule has 2 aromatic carbocycles. The zero-order valence-corrected chi connectivity index (χ0v) is 14.9. The summed E-state index contributed by atoms with van der Waals surface area (Å²) in [4.78, 5) is 43.2. The van der Waals surface area contributed by atoms with Gasteiger partial charge in [-0.25, -0.2) is 4.90 Å². The van der Waals surface area contributed by atoms with Crippen LogP contribution >= 0.6 is 0 Å². The quantitative estimate of drug-likeness (QED) is 0.710. The van der Waals surface area contributed by atoms with Crippen LogP contribution in [0.1, 0.15) is 31.1 Å². The smallest absolute Gasteiger partial charge is 0.266 e. The van der Waals surface area contributed by atoms with Crippen LogP contribution in [0.15, 0.2) is 67.0 Å². The number of methoxy groups -OCH3 is 1. The summed E-state index contributed by atoms with van der Waals surface area (Å²) < 4.78 is 5.27. The SMILES string of the molecule is COc1ccccc1N1C(=O)c2ccc(C(=O)Nc3ccncc3)cc2C1=O. The Bertz CT molecular complexity index is 1100. The van der Waals surface area contributed by atoms with Crippen LogP contribution in [-0.4, -0.2) is 29.8 Å². The van der Waals surface area contributed by atoms with Gasteiger partial charge >= 0.3 is 0 Å². The van der Waals surface area contributed by atoms with Gasteiger partial charge in [-0.15, -0.1) is 0 Å². The van der Waals surface area contributed by atoms with Crippen molar-refractivity contribution in [3.8, 4) is 5.75 Å². The van der Waals surface area contributed by atoms with Crippen molar-refractivity contribution in [1.82, 2.24) is 4.98 Å². The fraction of sp³-hybridized carbons (Fsp3) is 0.0476. The Kier molecular flexibility index (Phi) is 4.33. The summed E-state index contributed by atoms with van der Waals surface area (Å²) in [6.45, 7) is 0. The normalized spacial score (nSPS) is 12.7. The minimum atomic E-state index is -0.497. The molecule has 1 aliphatic rings. The van der Waals surface area contributed by atoms with Crippen molar-refractivity contribution in [2.75, 3.05) is 17.3 Å². The topological polar surface area (TPSA) is 88.6 Å². The van der Waals surface area contributed by atoms with E-state index in [1.165, 1.54) is 25.3 Å². The number of aromatic nitrogens is 1. The molecule has 2 heterocycles. The van der Waals surface area contributed by atoms with Crippen LogP contribution in [0, 0.1) is 0 Å². The first-order valence-corrected chi connectivity index (χ1v) is 8.47. The molecule has 28 heavy (non-hydrogen) atoms. The third kappa shape index (κ3) is 2.88. The van der Waals surface area contributed by atoms with Crippen LogP contribution in [0.4, 0.5) is 11.4 Å². The number of carbonyl (C=O) groups is 3. The van der Waals surface area contributed by atoms with E-state index < -0.39 is 11.8 Å². The van der Waals surface area contributed by atoms with Gasteiger partial charge in [0, 0.05) is 23.6 Å². The second kappa shape index (κ2) is 6.96. The maximum atomic E-state index is 12.9. The molecule has 0 aliphatic carbocycles. The van der Waals surface area contributed by atoms with Gasteiger partial charge in [0.25, 0.3) is 17.7 Å². The maximum absolute atomic E-state index is 12.9. The third-order valence-electron chi connectivity index (χ3n) is 4.41. The van der Waals surface area contributed by atoms with Crippen molar-refractivity contribution in [2.45, 2.75) is 0 Å². The van der Waals surface area contributed by atoms with Crippen molar-refractivity contribution >= 4 is 29.1 Å². The lowest BCUT2D eigenvalue weighted by Crippen LogP contribution is -2.29. The lowest BCUT2D eigenvalue weighted by Gasteiger charge is -2.16. The van der Waals surface area contributed by atoms with Gasteiger partial charge in [-0.05, 0) is 42.5 Å². The van der Waals surface area contributed by atoms with Crippen molar-refractivity contribution < 1.29 is 19.1 Å². The molecule has 1 aliphatic heterocycles. The maximum Gasteiger partial charge on any atom is 0.266 e. The van der Waals surface area contributed by atoms with Gasteiger partial charge in [-0.2, -0.15) is 0 Å². The van der Waals surface area contributed by atoms with Crippen LogP contribution in [-0.2, 0) is 0 Å². The summed E-state index contributed by atoms with van der Waals surface area (Å²) in [7, 11) is 1.47. The van der Waals surface area contributed by atoms with Gasteiger partial charge in [0.15, 0.2) is 0 Å². The summed E-state index contributed by atoms with van der Waals surface area (Å²) >= 11 is 0. The first-order chi connectivity index (χ1) is 13.6. The van der Waals surface area contributed by atoms with E-state index in [9.17, 15) is 14.4 Å². The van der Waals surface area contributed by atoms with Gasteiger partial charge in [-0.3, -0.25) is 19.4 Å². The number of anilines is 2. The highest BCUT2D eigenvalue weighted by Crippen LogP contribution is 2.34. The Morgan fingerprint density at radius 3 is 2.43 bits per heavy atom. The summed E-state index contributed by atoms with van der Waals surface area (Å²) in [6, 6.07) is 14.5. The zero-order valence-electron chi connectivity index (χ0n) is 14.9. The van der Waals surface area contributed by atoms with Crippen LogP contribution in [0.3, 0.4) is 0 Å². The lowest BCUT2D eigenvalue weighted by atomic mass is 10.1. The highest BCUT2D eigenvalue weighted by molar-refractivity contribution is 6.35. The molecule has 1 aromatic heterocycles. The molecule has 0 fully saturated rings. The molecule has 0 saturated carbocycles. The second-order valence-corrected chi connectivity index (χ2v) is 6.07. The van der Waals surface area contributed by atoms with Gasteiger partial charge in [0.05, 0.1) is 23.9 Å². The molecule has 3 amide bonds. The van der Waals surface area contributed by atoms with E-state index in [1.54, 1.807) is 48.8 Å². The average molecular weight is 373 g/mol. The number of carbonyl (C=O) groups excluding carboxylic acids is 3. The third-order valence-corrected chi connectivity index (χ3v) is 4.41. The number of imide groups is 1. The number of hydrogen-bond acceptors (Lipinski definition) is 5. The fourth-order valence-corrected chi connectivity index (χ4v) is 3.05. The number of fused-ring (bicyclic) bond motifs is 1. The van der Waals surface area contributed by atoms with Crippen LogP contribution < -0.4 is 15.0 Å². The van der Waals surface area contributed by atoms with Gasteiger partial charge in [0.2, 0.25) is 0 Å². The van der Waals surface area contributed by atoms with E-state index in [0.717, 1.165) is 4.90 Å². The second-order valence-electron chi connectivity index (χ2n) is 6.07. The number of nitrogens with one attached hydrogen (secondary N) is 1. The fourth-order valence-electron chi connectivity index (χ4n) is 3.05. The number of ether oxygens (including phenoxy) is 1. The summed E-state index contributed by atoms with van der Waals surface area (Å²) in [5, 5.41) is 2.73. The van der Waals surface area contributed by atoms with E-state index in [0.29, 0.717) is 17.1 Å². The molecule has 7 nitrogen and oxygen atoms in total. The Hall–Kier alpha value is -4.00. The van der Waals surface area contributed by atoms with Gasteiger partial charge in [0.1, 0.15) is 5.75 Å². The van der Waals surface area contributed by atoms with E-state index >= 15 is 0 Å². The van der Waals surface area contributed by atoms with Crippen molar-refractivity contribution in [3.63, 3.8) is 0 Å².